The second-order valence-electron chi connectivity index (χ2n) is 3.39. The van der Waals surface area contributed by atoms with Gasteiger partial charge in [0.1, 0.15) is 0 Å². The van der Waals surface area contributed by atoms with Gasteiger partial charge in [-0.05, 0) is 24.8 Å². The Balaban J connectivity index is 2.26. The van der Waals surface area contributed by atoms with Crippen LogP contribution in [0.15, 0.2) is 30.3 Å². The van der Waals surface area contributed by atoms with Crippen molar-refractivity contribution in [1.29, 1.82) is 5.26 Å². The maximum atomic E-state index is 8.80. The topological polar surface area (TPSA) is 44.0 Å². The molecule has 0 spiro atoms. The highest BCUT2D eigenvalue weighted by molar-refractivity contribution is 5.14. The highest BCUT2D eigenvalue weighted by atomic mass is 16.3. The summed E-state index contributed by atoms with van der Waals surface area (Å²) >= 11 is 0. The van der Waals surface area contributed by atoms with E-state index < -0.39 is 0 Å². The molecule has 0 aliphatic carbocycles. The third-order valence-electron chi connectivity index (χ3n) is 2.26. The molecule has 0 fully saturated rings. The lowest BCUT2D eigenvalue weighted by molar-refractivity contribution is 0.248. The normalized spacial score (nSPS) is 12.0. The van der Waals surface area contributed by atoms with Crippen molar-refractivity contribution in [1.82, 2.24) is 0 Å². The maximum absolute atomic E-state index is 8.80. The summed E-state index contributed by atoms with van der Waals surface area (Å²) in [6.45, 7) is -0.0225. The zero-order valence-corrected chi connectivity index (χ0v) is 8.19. The number of nitrogens with zero attached hydrogens (tertiary/aromatic N) is 1. The summed E-state index contributed by atoms with van der Waals surface area (Å²) in [7, 11) is 0. The quantitative estimate of drug-likeness (QED) is 0.771. The van der Waals surface area contributed by atoms with E-state index in [0.29, 0.717) is 0 Å². The molecule has 14 heavy (non-hydrogen) atoms. The Kier molecular flexibility index (Phi) is 4.74. The molecule has 0 saturated heterocycles. The molecular weight excluding hydrogens is 174 g/mol. The fraction of sp³-hybridized carbons (Fsp3) is 0.417. The number of benzene rings is 1. The highest BCUT2D eigenvalue weighted by Gasteiger charge is 2.04. The zero-order valence-electron chi connectivity index (χ0n) is 8.19. The molecule has 74 valence electrons. The van der Waals surface area contributed by atoms with Crippen molar-refractivity contribution < 1.29 is 5.11 Å². The van der Waals surface area contributed by atoms with Gasteiger partial charge in [0, 0.05) is 0 Å². The summed E-state index contributed by atoms with van der Waals surface area (Å²) in [5.74, 6) is -0.196. The van der Waals surface area contributed by atoms with E-state index in [9.17, 15) is 0 Å². The second-order valence-corrected chi connectivity index (χ2v) is 3.39. The van der Waals surface area contributed by atoms with E-state index in [4.69, 9.17) is 10.4 Å². The van der Waals surface area contributed by atoms with Gasteiger partial charge < -0.3 is 5.11 Å². The molecule has 2 nitrogen and oxygen atoms in total. The van der Waals surface area contributed by atoms with Crippen molar-refractivity contribution in [3.8, 4) is 6.07 Å². The Hall–Kier alpha value is -1.33. The van der Waals surface area contributed by atoms with E-state index in [1.165, 1.54) is 5.56 Å². The minimum atomic E-state index is -0.196. The average molecular weight is 189 g/mol. The molecule has 1 atom stereocenters. The van der Waals surface area contributed by atoms with Crippen LogP contribution in [0.3, 0.4) is 0 Å². The first kappa shape index (κ1) is 10.7. The summed E-state index contributed by atoms with van der Waals surface area (Å²) in [5.41, 5.74) is 1.29. The van der Waals surface area contributed by atoms with Gasteiger partial charge in [0.15, 0.2) is 0 Å². The van der Waals surface area contributed by atoms with Crippen molar-refractivity contribution in [2.24, 2.45) is 5.92 Å². The van der Waals surface area contributed by atoms with Crippen LogP contribution in [0.1, 0.15) is 18.4 Å². The van der Waals surface area contributed by atoms with Gasteiger partial charge in [0.25, 0.3) is 0 Å². The van der Waals surface area contributed by atoms with Gasteiger partial charge >= 0.3 is 0 Å². The van der Waals surface area contributed by atoms with Crippen molar-refractivity contribution in [2.75, 3.05) is 6.61 Å². The Bertz CT molecular complexity index is 289. The van der Waals surface area contributed by atoms with E-state index in [-0.39, 0.29) is 12.5 Å². The fourth-order valence-electron chi connectivity index (χ4n) is 1.39. The molecule has 1 rings (SSSR count). The molecule has 0 amide bonds. The van der Waals surface area contributed by atoms with Crippen LogP contribution in [0, 0.1) is 17.2 Å². The van der Waals surface area contributed by atoms with Crippen LogP contribution in [0.2, 0.25) is 0 Å². The van der Waals surface area contributed by atoms with E-state index in [1.807, 2.05) is 18.2 Å². The summed E-state index contributed by atoms with van der Waals surface area (Å²) in [6, 6.07) is 12.3. The summed E-state index contributed by atoms with van der Waals surface area (Å²) in [4.78, 5) is 0. The predicted molar refractivity (Wildman–Crippen MR) is 55.6 cm³/mol. The maximum Gasteiger partial charge on any atom is 0.0694 e. The van der Waals surface area contributed by atoms with Gasteiger partial charge in [-0.25, -0.2) is 0 Å². The Labute approximate surface area is 84.8 Å². The number of aliphatic hydroxyl groups is 1. The average Bonchev–Trinajstić information content (AvgIpc) is 2.26. The molecule has 0 aromatic heterocycles. The van der Waals surface area contributed by atoms with Crippen LogP contribution in [0.25, 0.3) is 0 Å². The van der Waals surface area contributed by atoms with Crippen molar-refractivity contribution >= 4 is 0 Å². The molecule has 1 aromatic carbocycles. The fourth-order valence-corrected chi connectivity index (χ4v) is 1.39. The van der Waals surface area contributed by atoms with Gasteiger partial charge in [-0.15, -0.1) is 0 Å². The largest absolute Gasteiger partial charge is 0.395 e. The number of aryl methyl sites for hydroxylation is 1. The Morgan fingerprint density at radius 3 is 2.57 bits per heavy atom. The van der Waals surface area contributed by atoms with Crippen LogP contribution >= 0.6 is 0 Å². The molecule has 0 heterocycles. The van der Waals surface area contributed by atoms with Crippen LogP contribution in [0.5, 0.6) is 0 Å². The molecular formula is C12H15NO. The van der Waals surface area contributed by atoms with Gasteiger partial charge in [0.2, 0.25) is 0 Å². The van der Waals surface area contributed by atoms with Gasteiger partial charge in [-0.2, -0.15) is 5.26 Å². The molecule has 0 aliphatic rings. The number of rotatable bonds is 5. The van der Waals surface area contributed by atoms with Crippen LogP contribution in [-0.2, 0) is 6.42 Å². The van der Waals surface area contributed by atoms with E-state index in [2.05, 4.69) is 18.2 Å². The first-order valence-electron chi connectivity index (χ1n) is 4.91. The molecule has 0 bridgehead atoms. The molecule has 1 unspecified atom stereocenters. The van der Waals surface area contributed by atoms with Gasteiger partial charge in [-0.1, -0.05) is 30.3 Å². The molecule has 1 aromatic rings. The lowest BCUT2D eigenvalue weighted by atomic mass is 10.0. The number of aliphatic hydroxyl groups excluding tert-OH is 1. The van der Waals surface area contributed by atoms with Gasteiger partial charge in [0.05, 0.1) is 18.6 Å². The number of nitriles is 1. The third-order valence-corrected chi connectivity index (χ3v) is 2.26. The summed E-state index contributed by atoms with van der Waals surface area (Å²) < 4.78 is 0. The molecule has 0 aliphatic heterocycles. The molecule has 0 radical (unpaired) electrons. The van der Waals surface area contributed by atoms with Crippen molar-refractivity contribution in [3.63, 3.8) is 0 Å². The smallest absolute Gasteiger partial charge is 0.0694 e. The third kappa shape index (κ3) is 3.59. The number of hydrogen-bond donors (Lipinski definition) is 1. The second kappa shape index (κ2) is 6.17. The molecule has 0 saturated carbocycles. The monoisotopic (exact) mass is 189 g/mol. The van der Waals surface area contributed by atoms with E-state index in [0.717, 1.165) is 19.3 Å². The van der Waals surface area contributed by atoms with Crippen molar-refractivity contribution in [3.05, 3.63) is 35.9 Å². The SMILES string of the molecule is N#CC(CO)CCCc1ccccc1. The van der Waals surface area contributed by atoms with Gasteiger partial charge in [-0.3, -0.25) is 0 Å². The lowest BCUT2D eigenvalue weighted by Gasteiger charge is -2.04. The first-order chi connectivity index (χ1) is 6.86. The van der Waals surface area contributed by atoms with Crippen molar-refractivity contribution in [2.45, 2.75) is 19.3 Å². The summed E-state index contributed by atoms with van der Waals surface area (Å²) in [5, 5.41) is 17.4. The number of hydrogen-bond acceptors (Lipinski definition) is 2. The molecule has 1 N–H and O–H groups in total. The van der Waals surface area contributed by atoms with Crippen LogP contribution < -0.4 is 0 Å². The van der Waals surface area contributed by atoms with E-state index in [1.54, 1.807) is 0 Å². The predicted octanol–water partition coefficient (Wildman–Crippen LogP) is 2.14. The Morgan fingerprint density at radius 1 is 1.29 bits per heavy atom. The highest BCUT2D eigenvalue weighted by Crippen LogP contribution is 2.09. The summed E-state index contributed by atoms with van der Waals surface area (Å²) in [6.07, 6.45) is 2.73. The Morgan fingerprint density at radius 2 is 2.00 bits per heavy atom. The van der Waals surface area contributed by atoms with E-state index >= 15 is 0 Å². The van der Waals surface area contributed by atoms with Crippen LogP contribution in [-0.4, -0.2) is 11.7 Å². The lowest BCUT2D eigenvalue weighted by Crippen LogP contribution is -2.03. The zero-order chi connectivity index (χ0) is 10.2. The minimum absolute atomic E-state index is 0.0225. The standard InChI is InChI=1S/C12H15NO/c13-9-12(10-14)8-4-7-11-5-2-1-3-6-11/h1-3,5-6,12,14H,4,7-8,10H2. The molecule has 2 heteroatoms. The minimum Gasteiger partial charge on any atom is -0.395 e. The van der Waals surface area contributed by atoms with Crippen LogP contribution in [0.4, 0.5) is 0 Å². The first-order valence-corrected chi connectivity index (χ1v) is 4.91.